The number of halogens is 1. The van der Waals surface area contributed by atoms with Gasteiger partial charge in [0.1, 0.15) is 5.82 Å². The summed E-state index contributed by atoms with van der Waals surface area (Å²) in [7, 11) is 0. The van der Waals surface area contributed by atoms with E-state index >= 15 is 0 Å². The molecule has 0 aromatic heterocycles. The summed E-state index contributed by atoms with van der Waals surface area (Å²) in [6.07, 6.45) is 2.30. The Labute approximate surface area is 102 Å². The van der Waals surface area contributed by atoms with E-state index in [9.17, 15) is 4.39 Å². The monoisotopic (exact) mass is 241 g/mol. The second-order valence-corrected chi connectivity index (χ2v) is 4.92. The molecule has 3 heteroatoms. The summed E-state index contributed by atoms with van der Waals surface area (Å²) in [6, 6.07) is 7.26. The minimum Gasteiger partial charge on any atom is -0.313 e. The second kappa shape index (κ2) is 7.69. The average Bonchev–Trinajstić information content (AvgIpc) is 2.32. The van der Waals surface area contributed by atoms with Crippen LogP contribution in [0.3, 0.4) is 0 Å². The van der Waals surface area contributed by atoms with Crippen molar-refractivity contribution in [1.29, 1.82) is 0 Å². The Kier molecular flexibility index (Phi) is 6.50. The first-order valence-electron chi connectivity index (χ1n) is 5.88. The number of hydrogen-bond acceptors (Lipinski definition) is 2. The van der Waals surface area contributed by atoms with Gasteiger partial charge in [0.05, 0.1) is 0 Å². The SMILES string of the molecule is CCCNC(CC)CSc1ccc(F)cc1. The maximum atomic E-state index is 12.7. The van der Waals surface area contributed by atoms with Crippen molar-refractivity contribution in [2.75, 3.05) is 12.3 Å². The van der Waals surface area contributed by atoms with Crippen LogP contribution in [0.5, 0.6) is 0 Å². The van der Waals surface area contributed by atoms with Crippen molar-refractivity contribution in [2.24, 2.45) is 0 Å². The first-order chi connectivity index (χ1) is 7.76. The number of benzene rings is 1. The lowest BCUT2D eigenvalue weighted by molar-refractivity contribution is 0.539. The van der Waals surface area contributed by atoms with Crippen LogP contribution in [0.15, 0.2) is 29.2 Å². The molecular formula is C13H20FNS. The van der Waals surface area contributed by atoms with Gasteiger partial charge in [0, 0.05) is 16.7 Å². The molecule has 90 valence electrons. The highest BCUT2D eigenvalue weighted by Gasteiger charge is 2.05. The fourth-order valence-corrected chi connectivity index (χ4v) is 2.47. The summed E-state index contributed by atoms with van der Waals surface area (Å²) in [4.78, 5) is 1.14. The molecule has 0 aliphatic carbocycles. The summed E-state index contributed by atoms with van der Waals surface area (Å²) in [5.41, 5.74) is 0. The van der Waals surface area contributed by atoms with Gasteiger partial charge in [0.25, 0.3) is 0 Å². The maximum Gasteiger partial charge on any atom is 0.123 e. The van der Waals surface area contributed by atoms with Crippen LogP contribution in [0.2, 0.25) is 0 Å². The first kappa shape index (κ1) is 13.5. The molecule has 1 N–H and O–H groups in total. The zero-order valence-electron chi connectivity index (χ0n) is 10.0. The van der Waals surface area contributed by atoms with Crippen molar-refractivity contribution in [3.05, 3.63) is 30.1 Å². The summed E-state index contributed by atoms with van der Waals surface area (Å²) in [5, 5.41) is 3.51. The molecule has 0 radical (unpaired) electrons. The van der Waals surface area contributed by atoms with Crippen molar-refractivity contribution in [3.63, 3.8) is 0 Å². The molecule has 0 bridgehead atoms. The van der Waals surface area contributed by atoms with E-state index in [1.54, 1.807) is 11.8 Å². The molecule has 1 atom stereocenters. The largest absolute Gasteiger partial charge is 0.313 e. The Bertz CT molecular complexity index is 286. The lowest BCUT2D eigenvalue weighted by atomic mass is 10.2. The molecule has 0 saturated heterocycles. The third-order valence-corrected chi connectivity index (χ3v) is 3.62. The number of hydrogen-bond donors (Lipinski definition) is 1. The van der Waals surface area contributed by atoms with Crippen LogP contribution >= 0.6 is 11.8 Å². The highest BCUT2D eigenvalue weighted by Crippen LogP contribution is 2.19. The van der Waals surface area contributed by atoms with Gasteiger partial charge in [0.15, 0.2) is 0 Å². The van der Waals surface area contributed by atoms with E-state index in [1.807, 2.05) is 12.1 Å². The first-order valence-corrected chi connectivity index (χ1v) is 6.86. The number of nitrogens with one attached hydrogen (secondary N) is 1. The minimum atomic E-state index is -0.166. The fraction of sp³-hybridized carbons (Fsp3) is 0.538. The summed E-state index contributed by atoms with van der Waals surface area (Å²) < 4.78 is 12.7. The van der Waals surface area contributed by atoms with Gasteiger partial charge in [-0.15, -0.1) is 11.8 Å². The van der Waals surface area contributed by atoms with Crippen molar-refractivity contribution >= 4 is 11.8 Å². The Morgan fingerprint density at radius 1 is 1.25 bits per heavy atom. The van der Waals surface area contributed by atoms with Crippen molar-refractivity contribution in [3.8, 4) is 0 Å². The van der Waals surface area contributed by atoms with Crippen LogP contribution in [-0.4, -0.2) is 18.3 Å². The zero-order chi connectivity index (χ0) is 11.8. The molecule has 0 spiro atoms. The summed E-state index contributed by atoms with van der Waals surface area (Å²) >= 11 is 1.78. The molecule has 1 nitrogen and oxygen atoms in total. The van der Waals surface area contributed by atoms with Gasteiger partial charge in [-0.05, 0) is 43.7 Å². The van der Waals surface area contributed by atoms with Crippen LogP contribution < -0.4 is 5.32 Å². The molecule has 0 aliphatic heterocycles. The third-order valence-electron chi connectivity index (χ3n) is 2.44. The van der Waals surface area contributed by atoms with Crippen molar-refractivity contribution in [2.45, 2.75) is 37.6 Å². The topological polar surface area (TPSA) is 12.0 Å². The van der Waals surface area contributed by atoms with Crippen LogP contribution in [0.1, 0.15) is 26.7 Å². The highest BCUT2D eigenvalue weighted by molar-refractivity contribution is 7.99. The molecule has 0 heterocycles. The van der Waals surface area contributed by atoms with Gasteiger partial charge in [0.2, 0.25) is 0 Å². The molecule has 0 aliphatic rings. The van der Waals surface area contributed by atoms with E-state index in [0.29, 0.717) is 6.04 Å². The molecule has 0 saturated carbocycles. The smallest absolute Gasteiger partial charge is 0.123 e. The average molecular weight is 241 g/mol. The number of thioether (sulfide) groups is 1. The molecule has 1 rings (SSSR count). The quantitative estimate of drug-likeness (QED) is 0.731. The highest BCUT2D eigenvalue weighted by atomic mass is 32.2. The van der Waals surface area contributed by atoms with E-state index < -0.39 is 0 Å². The van der Waals surface area contributed by atoms with Gasteiger partial charge < -0.3 is 5.32 Å². The fourth-order valence-electron chi connectivity index (χ4n) is 1.40. The zero-order valence-corrected chi connectivity index (χ0v) is 10.8. The van der Waals surface area contributed by atoms with Crippen LogP contribution in [0.25, 0.3) is 0 Å². The summed E-state index contributed by atoms with van der Waals surface area (Å²) in [6.45, 7) is 5.44. The van der Waals surface area contributed by atoms with E-state index in [0.717, 1.165) is 30.0 Å². The van der Waals surface area contributed by atoms with E-state index in [2.05, 4.69) is 19.2 Å². The minimum absolute atomic E-state index is 0.166. The standard InChI is InChI=1S/C13H20FNS/c1-3-9-15-12(4-2)10-16-13-7-5-11(14)6-8-13/h5-8,12,15H,3-4,9-10H2,1-2H3. The molecule has 0 amide bonds. The van der Waals surface area contributed by atoms with Crippen LogP contribution in [0.4, 0.5) is 4.39 Å². The van der Waals surface area contributed by atoms with Gasteiger partial charge >= 0.3 is 0 Å². The number of rotatable bonds is 7. The van der Waals surface area contributed by atoms with E-state index in [4.69, 9.17) is 0 Å². The molecule has 0 fully saturated rings. The normalized spacial score (nSPS) is 12.7. The Morgan fingerprint density at radius 2 is 1.94 bits per heavy atom. The van der Waals surface area contributed by atoms with Gasteiger partial charge in [-0.25, -0.2) is 4.39 Å². The molecule has 16 heavy (non-hydrogen) atoms. The van der Waals surface area contributed by atoms with Gasteiger partial charge in [-0.3, -0.25) is 0 Å². The van der Waals surface area contributed by atoms with Crippen LogP contribution in [0, 0.1) is 5.82 Å². The predicted octanol–water partition coefficient (Wildman–Crippen LogP) is 3.70. The van der Waals surface area contributed by atoms with Crippen LogP contribution in [-0.2, 0) is 0 Å². The Balaban J connectivity index is 2.34. The molecule has 1 aromatic carbocycles. The van der Waals surface area contributed by atoms with Gasteiger partial charge in [-0.2, -0.15) is 0 Å². The molecule has 1 unspecified atom stereocenters. The molecule has 1 aromatic rings. The van der Waals surface area contributed by atoms with Crippen molar-refractivity contribution in [1.82, 2.24) is 5.32 Å². The lowest BCUT2D eigenvalue weighted by Crippen LogP contribution is -2.31. The van der Waals surface area contributed by atoms with Crippen molar-refractivity contribution < 1.29 is 4.39 Å². The maximum absolute atomic E-state index is 12.7. The predicted molar refractivity (Wildman–Crippen MR) is 69.5 cm³/mol. The van der Waals surface area contributed by atoms with Gasteiger partial charge in [-0.1, -0.05) is 13.8 Å². The lowest BCUT2D eigenvalue weighted by Gasteiger charge is -2.15. The Morgan fingerprint density at radius 3 is 2.50 bits per heavy atom. The van der Waals surface area contributed by atoms with E-state index in [1.165, 1.54) is 12.1 Å². The second-order valence-electron chi connectivity index (χ2n) is 3.82. The summed E-state index contributed by atoms with van der Waals surface area (Å²) in [5.74, 6) is 0.878. The third kappa shape index (κ3) is 4.99. The van der Waals surface area contributed by atoms with E-state index in [-0.39, 0.29) is 5.82 Å². The molecular weight excluding hydrogens is 221 g/mol. The Hall–Kier alpha value is -0.540.